The number of esters is 2. The second-order valence-electron chi connectivity index (χ2n) is 7.76. The van der Waals surface area contributed by atoms with Crippen molar-refractivity contribution in [3.8, 4) is 0 Å². The number of hydrogen-bond acceptors (Lipinski definition) is 5. The van der Waals surface area contributed by atoms with E-state index >= 15 is 0 Å². The first kappa shape index (κ1) is 19.0. The van der Waals surface area contributed by atoms with E-state index in [-0.39, 0.29) is 41.2 Å². The number of aliphatic hydroxyl groups is 1. The van der Waals surface area contributed by atoms with E-state index in [1.165, 1.54) is 7.11 Å². The van der Waals surface area contributed by atoms with Gasteiger partial charge in [0.25, 0.3) is 0 Å². The number of fused-ring (bicyclic) bond motifs is 1. The number of methoxy groups -OCH3 is 1. The van der Waals surface area contributed by atoms with Crippen molar-refractivity contribution < 1.29 is 24.2 Å². The third-order valence-electron chi connectivity index (χ3n) is 5.60. The summed E-state index contributed by atoms with van der Waals surface area (Å²) in [6.07, 6.45) is 6.85. The van der Waals surface area contributed by atoms with Crippen molar-refractivity contribution in [1.82, 2.24) is 0 Å². The number of aliphatic hydroxyl groups excluding tert-OH is 1. The van der Waals surface area contributed by atoms with Gasteiger partial charge in [-0.1, -0.05) is 45.8 Å². The number of allylic oxidation sites excluding steroid dienone is 1. The molecule has 5 heteroatoms. The Morgan fingerprint density at radius 1 is 1.50 bits per heavy atom. The van der Waals surface area contributed by atoms with Gasteiger partial charge in [-0.25, -0.2) is 0 Å². The Hall–Kier alpha value is -1.36. The molecule has 5 unspecified atom stereocenters. The van der Waals surface area contributed by atoms with E-state index in [0.717, 1.165) is 19.3 Å². The largest absolute Gasteiger partial charge is 0.469 e. The van der Waals surface area contributed by atoms with Crippen LogP contribution in [0.2, 0.25) is 0 Å². The molecule has 2 aliphatic rings. The lowest BCUT2D eigenvalue weighted by atomic mass is 9.80. The van der Waals surface area contributed by atoms with Crippen LogP contribution in [0.15, 0.2) is 12.2 Å². The van der Waals surface area contributed by atoms with Gasteiger partial charge in [0.05, 0.1) is 25.6 Å². The summed E-state index contributed by atoms with van der Waals surface area (Å²) in [5.74, 6) is -0.889. The van der Waals surface area contributed by atoms with Crippen LogP contribution in [0.25, 0.3) is 0 Å². The van der Waals surface area contributed by atoms with Gasteiger partial charge < -0.3 is 14.6 Å². The van der Waals surface area contributed by atoms with Gasteiger partial charge in [0, 0.05) is 5.92 Å². The molecule has 2 rings (SSSR count). The van der Waals surface area contributed by atoms with Gasteiger partial charge in [0.1, 0.15) is 6.10 Å². The maximum atomic E-state index is 12.1. The van der Waals surface area contributed by atoms with E-state index in [1.54, 1.807) is 6.08 Å². The predicted molar refractivity (Wildman–Crippen MR) is 90.1 cm³/mol. The zero-order chi connectivity index (χ0) is 17.9. The zero-order valence-electron chi connectivity index (χ0n) is 15.2. The summed E-state index contributed by atoms with van der Waals surface area (Å²) >= 11 is 0. The lowest BCUT2D eigenvalue weighted by Gasteiger charge is -2.29. The molecule has 1 saturated heterocycles. The minimum atomic E-state index is -0.584. The smallest absolute Gasteiger partial charge is 0.309 e. The van der Waals surface area contributed by atoms with E-state index in [2.05, 4.69) is 20.8 Å². The molecule has 0 spiro atoms. The average molecular weight is 338 g/mol. The molecule has 0 aromatic heterocycles. The first-order valence-corrected chi connectivity index (χ1v) is 8.93. The molecule has 1 aliphatic heterocycles. The second-order valence-corrected chi connectivity index (χ2v) is 7.76. The first-order valence-electron chi connectivity index (χ1n) is 8.93. The number of hydrogen-bond donors (Lipinski definition) is 1. The van der Waals surface area contributed by atoms with E-state index in [1.807, 2.05) is 6.08 Å². The third kappa shape index (κ3) is 4.00. The molecule has 5 nitrogen and oxygen atoms in total. The van der Waals surface area contributed by atoms with Crippen LogP contribution in [0.1, 0.15) is 52.9 Å². The summed E-state index contributed by atoms with van der Waals surface area (Å²) in [6.45, 7) is 6.24. The van der Waals surface area contributed by atoms with E-state index in [0.29, 0.717) is 12.8 Å². The SMILES string of the molecule is CCCCC(C)(C)C(O)/C=C/C1C(C(=O)OC)CC2OC(=O)CC21. The standard InChI is InChI=1S/C19H30O5/c1-5-6-9-19(2,3)16(20)8-7-12-13-11-17(21)24-15(13)10-14(12)18(22)23-4/h7-8,12-16,20H,5-6,9-11H2,1-4H3/b8-7+. The van der Waals surface area contributed by atoms with Crippen molar-refractivity contribution >= 4 is 11.9 Å². The highest BCUT2D eigenvalue weighted by atomic mass is 16.6. The molecule has 24 heavy (non-hydrogen) atoms. The summed E-state index contributed by atoms with van der Waals surface area (Å²) in [6, 6.07) is 0. The number of rotatable bonds is 7. The molecule has 0 amide bonds. The molecular formula is C19H30O5. The van der Waals surface area contributed by atoms with Gasteiger partial charge in [-0.3, -0.25) is 9.59 Å². The van der Waals surface area contributed by atoms with Crippen LogP contribution in [-0.2, 0) is 19.1 Å². The van der Waals surface area contributed by atoms with Crippen molar-refractivity contribution in [1.29, 1.82) is 0 Å². The molecule has 0 aromatic rings. The van der Waals surface area contributed by atoms with Gasteiger partial charge >= 0.3 is 11.9 Å². The van der Waals surface area contributed by atoms with Gasteiger partial charge in [-0.15, -0.1) is 0 Å². The number of ether oxygens (including phenoxy) is 2. The van der Waals surface area contributed by atoms with Crippen molar-refractivity contribution in [2.75, 3.05) is 7.11 Å². The Morgan fingerprint density at radius 3 is 2.83 bits per heavy atom. The average Bonchev–Trinajstić information content (AvgIpc) is 3.06. The van der Waals surface area contributed by atoms with Gasteiger partial charge in [0.15, 0.2) is 0 Å². The van der Waals surface area contributed by atoms with Crippen LogP contribution >= 0.6 is 0 Å². The minimum Gasteiger partial charge on any atom is -0.469 e. The predicted octanol–water partition coefficient (Wildman–Crippen LogP) is 2.86. The normalized spacial score (nSPS) is 31.1. The van der Waals surface area contributed by atoms with E-state index < -0.39 is 6.10 Å². The van der Waals surface area contributed by atoms with Crippen molar-refractivity contribution in [2.24, 2.45) is 23.2 Å². The maximum absolute atomic E-state index is 12.1. The van der Waals surface area contributed by atoms with Crippen molar-refractivity contribution in [3.63, 3.8) is 0 Å². The Morgan fingerprint density at radius 2 is 2.21 bits per heavy atom. The van der Waals surface area contributed by atoms with Crippen molar-refractivity contribution in [3.05, 3.63) is 12.2 Å². The summed E-state index contributed by atoms with van der Waals surface area (Å²) in [5, 5.41) is 10.5. The molecule has 0 bridgehead atoms. The second kappa shape index (κ2) is 7.68. The van der Waals surface area contributed by atoms with E-state index in [9.17, 15) is 14.7 Å². The number of carbonyl (C=O) groups excluding carboxylic acids is 2. The molecule has 0 aromatic carbocycles. The Bertz CT molecular complexity index is 496. The van der Waals surface area contributed by atoms with Crippen LogP contribution < -0.4 is 0 Å². The van der Waals surface area contributed by atoms with Crippen LogP contribution in [0.3, 0.4) is 0 Å². The quantitative estimate of drug-likeness (QED) is 0.571. The lowest BCUT2D eigenvalue weighted by Crippen LogP contribution is -2.28. The molecule has 0 radical (unpaired) electrons. The fraction of sp³-hybridized carbons (Fsp3) is 0.789. The van der Waals surface area contributed by atoms with E-state index in [4.69, 9.17) is 9.47 Å². The fourth-order valence-electron chi connectivity index (χ4n) is 3.90. The summed E-state index contributed by atoms with van der Waals surface area (Å²) < 4.78 is 10.2. The monoisotopic (exact) mass is 338 g/mol. The summed E-state index contributed by atoms with van der Waals surface area (Å²) in [5.41, 5.74) is -0.215. The van der Waals surface area contributed by atoms with Crippen LogP contribution in [-0.4, -0.2) is 36.4 Å². The minimum absolute atomic E-state index is 0.00352. The molecule has 5 atom stereocenters. The van der Waals surface area contributed by atoms with Crippen LogP contribution in [0.5, 0.6) is 0 Å². The Kier molecular flexibility index (Phi) is 6.07. The van der Waals surface area contributed by atoms with Gasteiger partial charge in [0.2, 0.25) is 0 Å². The molecule has 1 N–H and O–H groups in total. The van der Waals surface area contributed by atoms with Gasteiger partial charge in [-0.05, 0) is 24.2 Å². The van der Waals surface area contributed by atoms with Crippen molar-refractivity contribution in [2.45, 2.75) is 65.1 Å². The third-order valence-corrected chi connectivity index (χ3v) is 5.60. The molecule has 136 valence electrons. The molecule has 1 saturated carbocycles. The molecule has 1 heterocycles. The number of carbonyl (C=O) groups is 2. The lowest BCUT2D eigenvalue weighted by molar-refractivity contribution is -0.149. The topological polar surface area (TPSA) is 72.8 Å². The maximum Gasteiger partial charge on any atom is 0.309 e. The number of unbranched alkanes of at least 4 members (excludes halogenated alkanes) is 1. The van der Waals surface area contributed by atoms with Crippen LogP contribution in [0, 0.1) is 23.2 Å². The summed E-state index contributed by atoms with van der Waals surface area (Å²) in [7, 11) is 1.38. The highest BCUT2D eigenvalue weighted by Crippen LogP contribution is 2.46. The van der Waals surface area contributed by atoms with Crippen LogP contribution in [0.4, 0.5) is 0 Å². The Balaban J connectivity index is 2.11. The molecule has 2 fully saturated rings. The first-order chi connectivity index (χ1) is 11.3. The molecule has 1 aliphatic carbocycles. The Labute approximate surface area is 144 Å². The summed E-state index contributed by atoms with van der Waals surface area (Å²) in [4.78, 5) is 23.6. The highest BCUT2D eigenvalue weighted by molar-refractivity contribution is 5.76. The molecular weight excluding hydrogens is 308 g/mol. The van der Waals surface area contributed by atoms with Gasteiger partial charge in [-0.2, -0.15) is 0 Å². The highest BCUT2D eigenvalue weighted by Gasteiger charge is 2.51. The zero-order valence-corrected chi connectivity index (χ0v) is 15.2. The fourth-order valence-corrected chi connectivity index (χ4v) is 3.90.